The van der Waals surface area contributed by atoms with Crippen LogP contribution in [0.3, 0.4) is 0 Å². The van der Waals surface area contributed by atoms with Gasteiger partial charge in [0.2, 0.25) is 15.0 Å². The molecule has 1 amide bonds. The Hall–Kier alpha value is -2.62. The van der Waals surface area contributed by atoms with Crippen molar-refractivity contribution in [2.75, 3.05) is 5.32 Å². The summed E-state index contributed by atoms with van der Waals surface area (Å²) in [5.41, 5.74) is 2.99. The lowest BCUT2D eigenvalue weighted by Crippen LogP contribution is -2.23. The van der Waals surface area contributed by atoms with Crippen molar-refractivity contribution >= 4 is 33.0 Å². The number of hydrogen-bond acceptors (Lipinski definition) is 6. The van der Waals surface area contributed by atoms with Gasteiger partial charge in [0.1, 0.15) is 5.01 Å². The predicted octanol–water partition coefficient (Wildman–Crippen LogP) is 3.15. The molecule has 0 radical (unpaired) electrons. The number of benzene rings is 2. The van der Waals surface area contributed by atoms with Gasteiger partial charge in [0, 0.05) is 5.69 Å². The first kappa shape index (κ1) is 19.7. The second kappa shape index (κ2) is 8.40. The number of amides is 1. The third kappa shape index (κ3) is 4.69. The average Bonchev–Trinajstić information content (AvgIpc) is 3.22. The van der Waals surface area contributed by atoms with Crippen molar-refractivity contribution in [3.63, 3.8) is 0 Å². The zero-order chi connectivity index (χ0) is 20.3. The smallest absolute Gasteiger partial charge is 0.286 e. The molecule has 9 heteroatoms. The van der Waals surface area contributed by atoms with Gasteiger partial charge in [-0.15, -0.1) is 10.2 Å². The van der Waals surface area contributed by atoms with Crippen LogP contribution in [0, 0.1) is 0 Å². The fraction of sp³-hybridized carbons (Fsp3) is 0.250. The summed E-state index contributed by atoms with van der Waals surface area (Å²) in [5.74, 6) is -0.377. The first-order valence-electron chi connectivity index (χ1n) is 9.31. The molecule has 0 fully saturated rings. The monoisotopic (exact) mass is 428 g/mol. The van der Waals surface area contributed by atoms with E-state index in [9.17, 15) is 13.2 Å². The fourth-order valence-electron chi connectivity index (χ4n) is 3.24. The summed E-state index contributed by atoms with van der Waals surface area (Å²) in [7, 11) is -3.66. The normalized spacial score (nSPS) is 13.7. The van der Waals surface area contributed by atoms with Gasteiger partial charge in [-0.25, -0.2) is 13.1 Å². The van der Waals surface area contributed by atoms with E-state index in [1.165, 1.54) is 5.56 Å². The molecule has 1 aliphatic carbocycles. The van der Waals surface area contributed by atoms with Crippen molar-refractivity contribution in [3.05, 3.63) is 69.7 Å². The Morgan fingerprint density at radius 1 is 1.00 bits per heavy atom. The van der Waals surface area contributed by atoms with Crippen LogP contribution in [0.4, 0.5) is 5.69 Å². The van der Waals surface area contributed by atoms with E-state index in [1.807, 2.05) is 24.3 Å². The average molecular weight is 429 g/mol. The standard InChI is InChI=1S/C20H20N4O3S2/c25-19(22-16-8-2-1-3-9-16)20-24-23-18(28-20)13-21-29(26,27)17-11-10-14-6-4-5-7-15(14)12-17/h1-3,8-12,21H,4-7,13H2,(H,22,25). The van der Waals surface area contributed by atoms with Crippen LogP contribution in [0.25, 0.3) is 0 Å². The number of para-hydroxylation sites is 1. The molecule has 0 spiro atoms. The topological polar surface area (TPSA) is 101 Å². The fourth-order valence-corrected chi connectivity index (χ4v) is 5.04. The maximum absolute atomic E-state index is 12.6. The molecule has 1 aromatic heterocycles. The number of nitrogens with one attached hydrogen (secondary N) is 2. The number of nitrogens with zero attached hydrogens (tertiary/aromatic N) is 2. The van der Waals surface area contributed by atoms with Gasteiger partial charge in [0.25, 0.3) is 5.91 Å². The van der Waals surface area contributed by atoms with Crippen LogP contribution in [0.1, 0.15) is 38.8 Å². The summed E-state index contributed by atoms with van der Waals surface area (Å²) in [4.78, 5) is 12.5. The molecule has 29 heavy (non-hydrogen) atoms. The van der Waals surface area contributed by atoms with E-state index >= 15 is 0 Å². The highest BCUT2D eigenvalue weighted by atomic mass is 32.2. The molecule has 4 rings (SSSR count). The molecule has 0 unspecified atom stereocenters. The molecule has 0 bridgehead atoms. The van der Waals surface area contributed by atoms with Crippen molar-refractivity contribution < 1.29 is 13.2 Å². The highest BCUT2D eigenvalue weighted by Gasteiger charge is 2.19. The molecule has 0 aliphatic heterocycles. The summed E-state index contributed by atoms with van der Waals surface area (Å²) in [5, 5.41) is 11.1. The van der Waals surface area contributed by atoms with Crippen molar-refractivity contribution in [2.45, 2.75) is 37.1 Å². The number of aromatic nitrogens is 2. The number of anilines is 1. The SMILES string of the molecule is O=C(Nc1ccccc1)c1nnc(CNS(=O)(=O)c2ccc3c(c2)CCCC3)s1. The summed E-state index contributed by atoms with van der Waals surface area (Å²) in [6.07, 6.45) is 4.15. The minimum atomic E-state index is -3.66. The van der Waals surface area contributed by atoms with E-state index in [0.717, 1.165) is 42.6 Å². The van der Waals surface area contributed by atoms with Crippen molar-refractivity contribution in [3.8, 4) is 0 Å². The summed E-state index contributed by atoms with van der Waals surface area (Å²) in [6.45, 7) is -0.0182. The number of carbonyl (C=O) groups is 1. The maximum atomic E-state index is 12.6. The molecule has 0 atom stereocenters. The van der Waals surface area contributed by atoms with E-state index in [2.05, 4.69) is 20.2 Å². The van der Waals surface area contributed by atoms with Crippen LogP contribution < -0.4 is 10.0 Å². The Balaban J connectivity index is 1.41. The Morgan fingerprint density at radius 3 is 2.55 bits per heavy atom. The number of aryl methyl sites for hydroxylation is 2. The number of carbonyl (C=O) groups excluding carboxylic acids is 1. The quantitative estimate of drug-likeness (QED) is 0.628. The van der Waals surface area contributed by atoms with E-state index in [-0.39, 0.29) is 22.4 Å². The molecule has 150 valence electrons. The maximum Gasteiger partial charge on any atom is 0.286 e. The number of rotatable bonds is 6. The second-order valence-corrected chi connectivity index (χ2v) is 9.61. The van der Waals surface area contributed by atoms with Crippen LogP contribution in [-0.2, 0) is 29.4 Å². The molecule has 7 nitrogen and oxygen atoms in total. The molecule has 1 aliphatic rings. The second-order valence-electron chi connectivity index (χ2n) is 6.78. The van der Waals surface area contributed by atoms with Crippen LogP contribution in [0.2, 0.25) is 0 Å². The largest absolute Gasteiger partial charge is 0.320 e. The zero-order valence-electron chi connectivity index (χ0n) is 15.6. The van der Waals surface area contributed by atoms with Crippen LogP contribution >= 0.6 is 11.3 Å². The minimum absolute atomic E-state index is 0.0182. The molecule has 2 aromatic carbocycles. The number of fused-ring (bicyclic) bond motifs is 1. The van der Waals surface area contributed by atoms with Gasteiger partial charge < -0.3 is 5.32 Å². The van der Waals surface area contributed by atoms with Crippen molar-refractivity contribution in [1.29, 1.82) is 0 Å². The highest BCUT2D eigenvalue weighted by molar-refractivity contribution is 7.89. The van der Waals surface area contributed by atoms with E-state index < -0.39 is 10.0 Å². The molecule has 0 saturated heterocycles. The number of sulfonamides is 1. The lowest BCUT2D eigenvalue weighted by Gasteiger charge is -2.16. The third-order valence-electron chi connectivity index (χ3n) is 4.74. The van der Waals surface area contributed by atoms with Gasteiger partial charge in [-0.05, 0) is 61.1 Å². The molecule has 2 N–H and O–H groups in total. The highest BCUT2D eigenvalue weighted by Crippen LogP contribution is 2.24. The lowest BCUT2D eigenvalue weighted by molar-refractivity contribution is 0.102. The molecular formula is C20H20N4O3S2. The van der Waals surface area contributed by atoms with Crippen molar-refractivity contribution in [1.82, 2.24) is 14.9 Å². The van der Waals surface area contributed by atoms with Crippen LogP contribution in [0.5, 0.6) is 0 Å². The Kier molecular flexibility index (Phi) is 5.70. The molecule has 0 saturated carbocycles. The van der Waals surface area contributed by atoms with Crippen LogP contribution in [0.15, 0.2) is 53.4 Å². The first-order chi connectivity index (χ1) is 14.0. The Morgan fingerprint density at radius 2 is 1.76 bits per heavy atom. The van der Waals surface area contributed by atoms with Gasteiger partial charge in [-0.1, -0.05) is 35.6 Å². The van der Waals surface area contributed by atoms with Crippen molar-refractivity contribution in [2.24, 2.45) is 0 Å². The third-order valence-corrected chi connectivity index (χ3v) is 7.06. The first-order valence-corrected chi connectivity index (χ1v) is 11.6. The summed E-state index contributed by atoms with van der Waals surface area (Å²) in [6, 6.07) is 14.3. The zero-order valence-corrected chi connectivity index (χ0v) is 17.2. The molecule has 3 aromatic rings. The predicted molar refractivity (Wildman–Crippen MR) is 111 cm³/mol. The summed E-state index contributed by atoms with van der Waals surface area (Å²) < 4.78 is 27.8. The van der Waals surface area contributed by atoms with Gasteiger partial charge in [-0.2, -0.15) is 0 Å². The van der Waals surface area contributed by atoms with Gasteiger partial charge >= 0.3 is 0 Å². The lowest BCUT2D eigenvalue weighted by atomic mass is 9.92. The van der Waals surface area contributed by atoms with Crippen LogP contribution in [-0.4, -0.2) is 24.5 Å². The summed E-state index contributed by atoms with van der Waals surface area (Å²) >= 11 is 1.06. The van der Waals surface area contributed by atoms with Gasteiger partial charge in [0.15, 0.2) is 0 Å². The Bertz CT molecular complexity index is 1130. The number of hydrogen-bond donors (Lipinski definition) is 2. The molecule has 1 heterocycles. The molecular weight excluding hydrogens is 408 g/mol. The minimum Gasteiger partial charge on any atom is -0.320 e. The Labute approximate surface area is 173 Å². The van der Waals surface area contributed by atoms with E-state index in [1.54, 1.807) is 24.3 Å². The van der Waals surface area contributed by atoms with Gasteiger partial charge in [-0.3, -0.25) is 4.79 Å². The van der Waals surface area contributed by atoms with E-state index in [0.29, 0.717) is 10.7 Å². The van der Waals surface area contributed by atoms with Gasteiger partial charge in [0.05, 0.1) is 11.4 Å². The van der Waals surface area contributed by atoms with E-state index in [4.69, 9.17) is 0 Å².